The van der Waals surface area contributed by atoms with Gasteiger partial charge in [0.1, 0.15) is 5.84 Å². The van der Waals surface area contributed by atoms with Crippen LogP contribution < -0.4 is 5.73 Å². The minimum atomic E-state index is -0.0316. The summed E-state index contributed by atoms with van der Waals surface area (Å²) in [4.78, 5) is 3.20. The van der Waals surface area contributed by atoms with Crippen LogP contribution >= 0.6 is 22.9 Å². The first-order valence-electron chi connectivity index (χ1n) is 4.29. The maximum Gasteiger partial charge on any atom is 0.108 e. The third kappa shape index (κ3) is 2.97. The summed E-state index contributed by atoms with van der Waals surface area (Å²) in [6, 6.07) is 3.85. The van der Waals surface area contributed by atoms with Crippen molar-refractivity contribution in [3.05, 3.63) is 21.3 Å². The van der Waals surface area contributed by atoms with Crippen LogP contribution in [0.5, 0.6) is 0 Å². The Morgan fingerprint density at radius 1 is 1.71 bits per heavy atom. The van der Waals surface area contributed by atoms with Crippen LogP contribution in [0.1, 0.15) is 11.8 Å². The van der Waals surface area contributed by atoms with Crippen LogP contribution in [0, 0.1) is 5.41 Å². The van der Waals surface area contributed by atoms with Gasteiger partial charge in [-0.3, -0.25) is 10.3 Å². The van der Waals surface area contributed by atoms with Crippen molar-refractivity contribution in [2.45, 2.75) is 19.5 Å². The Kier molecular flexibility index (Phi) is 3.92. The predicted molar refractivity (Wildman–Crippen MR) is 62.2 cm³/mol. The quantitative estimate of drug-likeness (QED) is 0.616. The summed E-state index contributed by atoms with van der Waals surface area (Å²) in [5, 5.41) is 7.32. The van der Waals surface area contributed by atoms with Crippen molar-refractivity contribution in [2.24, 2.45) is 5.73 Å². The van der Waals surface area contributed by atoms with E-state index in [1.807, 2.05) is 31.0 Å². The van der Waals surface area contributed by atoms with Gasteiger partial charge in [0.25, 0.3) is 0 Å². The molecule has 1 atom stereocenters. The predicted octanol–water partition coefficient (Wildman–Crippen LogP) is 2.16. The number of thiophene rings is 1. The lowest BCUT2D eigenvalue weighted by atomic mass is 10.2. The average molecular weight is 232 g/mol. The summed E-state index contributed by atoms with van der Waals surface area (Å²) >= 11 is 7.38. The second-order valence-corrected chi connectivity index (χ2v) is 5.05. The van der Waals surface area contributed by atoms with E-state index < -0.39 is 0 Å². The van der Waals surface area contributed by atoms with Crippen LogP contribution in [-0.2, 0) is 6.54 Å². The number of halogens is 1. The monoisotopic (exact) mass is 231 g/mol. The van der Waals surface area contributed by atoms with E-state index in [9.17, 15) is 0 Å². The lowest BCUT2D eigenvalue weighted by Gasteiger charge is -2.22. The highest BCUT2D eigenvalue weighted by molar-refractivity contribution is 7.16. The molecule has 3 nitrogen and oxygen atoms in total. The SMILES string of the molecule is CC(C(=N)N)N(C)Cc1ccc(Cl)s1. The van der Waals surface area contributed by atoms with Crippen molar-refractivity contribution >= 4 is 28.8 Å². The molecule has 1 rings (SSSR count). The molecule has 0 aliphatic heterocycles. The van der Waals surface area contributed by atoms with Crippen molar-refractivity contribution < 1.29 is 0 Å². The third-order valence-corrected chi connectivity index (χ3v) is 3.36. The third-order valence-electron chi connectivity index (χ3n) is 2.15. The van der Waals surface area contributed by atoms with Gasteiger partial charge in [-0.25, -0.2) is 0 Å². The topological polar surface area (TPSA) is 53.1 Å². The fourth-order valence-electron chi connectivity index (χ4n) is 1.06. The van der Waals surface area contributed by atoms with Crippen LogP contribution in [-0.4, -0.2) is 23.8 Å². The lowest BCUT2D eigenvalue weighted by Crippen LogP contribution is -2.39. The normalized spacial score (nSPS) is 13.1. The van der Waals surface area contributed by atoms with Gasteiger partial charge in [0, 0.05) is 11.4 Å². The molecule has 0 aliphatic rings. The van der Waals surface area contributed by atoms with Gasteiger partial charge in [-0.05, 0) is 26.1 Å². The molecule has 0 aliphatic carbocycles. The average Bonchev–Trinajstić information content (AvgIpc) is 2.49. The Balaban J connectivity index is 2.56. The molecular weight excluding hydrogens is 218 g/mol. The van der Waals surface area contributed by atoms with Gasteiger partial charge in [0.05, 0.1) is 10.4 Å². The zero-order valence-corrected chi connectivity index (χ0v) is 9.82. The summed E-state index contributed by atoms with van der Waals surface area (Å²) in [5.41, 5.74) is 5.41. The van der Waals surface area contributed by atoms with E-state index in [4.69, 9.17) is 22.7 Å². The van der Waals surface area contributed by atoms with E-state index in [0.717, 1.165) is 10.9 Å². The standard InChI is InChI=1S/C9H14ClN3S/c1-6(9(11)12)13(2)5-7-3-4-8(10)14-7/h3-4,6H,5H2,1-2H3,(H3,11,12). The minimum absolute atomic E-state index is 0.0316. The van der Waals surface area contributed by atoms with Crippen LogP contribution in [0.3, 0.4) is 0 Å². The fourth-order valence-corrected chi connectivity index (χ4v) is 2.21. The van der Waals surface area contributed by atoms with Crippen LogP contribution in [0.4, 0.5) is 0 Å². The zero-order chi connectivity index (χ0) is 10.7. The maximum atomic E-state index is 7.32. The number of nitrogens with two attached hydrogens (primary N) is 1. The molecule has 1 heterocycles. The first-order valence-corrected chi connectivity index (χ1v) is 5.48. The first kappa shape index (κ1) is 11.5. The number of nitrogens with one attached hydrogen (secondary N) is 1. The Morgan fingerprint density at radius 3 is 2.79 bits per heavy atom. The van der Waals surface area contributed by atoms with Gasteiger partial charge >= 0.3 is 0 Å². The van der Waals surface area contributed by atoms with Gasteiger partial charge in [0.15, 0.2) is 0 Å². The number of hydrogen-bond acceptors (Lipinski definition) is 3. The summed E-state index contributed by atoms with van der Waals surface area (Å²) in [5.74, 6) is 0.190. The molecule has 78 valence electrons. The smallest absolute Gasteiger partial charge is 0.108 e. The van der Waals surface area contributed by atoms with E-state index in [2.05, 4.69) is 0 Å². The largest absolute Gasteiger partial charge is 0.386 e. The Hall–Kier alpha value is -0.580. The number of likely N-dealkylation sites (N-methyl/N-ethyl adjacent to an activating group) is 1. The molecule has 0 radical (unpaired) electrons. The van der Waals surface area contributed by atoms with E-state index in [0.29, 0.717) is 0 Å². The van der Waals surface area contributed by atoms with Gasteiger partial charge < -0.3 is 5.73 Å². The number of hydrogen-bond donors (Lipinski definition) is 2. The number of amidine groups is 1. The van der Waals surface area contributed by atoms with Gasteiger partial charge in [0.2, 0.25) is 0 Å². The van der Waals surface area contributed by atoms with Crippen molar-refractivity contribution in [1.82, 2.24) is 4.90 Å². The Labute approximate surface area is 93.0 Å². The van der Waals surface area contributed by atoms with Crippen molar-refractivity contribution in [3.8, 4) is 0 Å². The molecule has 0 aromatic carbocycles. The summed E-state index contributed by atoms with van der Waals surface area (Å²) in [6.45, 7) is 2.69. The van der Waals surface area contributed by atoms with Gasteiger partial charge in [-0.15, -0.1) is 11.3 Å². The number of rotatable bonds is 4. The van der Waals surface area contributed by atoms with E-state index in [1.54, 1.807) is 11.3 Å². The highest BCUT2D eigenvalue weighted by Crippen LogP contribution is 2.22. The van der Waals surface area contributed by atoms with E-state index >= 15 is 0 Å². The van der Waals surface area contributed by atoms with Crippen LogP contribution in [0.2, 0.25) is 4.34 Å². The zero-order valence-electron chi connectivity index (χ0n) is 8.25. The molecule has 14 heavy (non-hydrogen) atoms. The summed E-state index contributed by atoms with van der Waals surface area (Å²) in [7, 11) is 1.94. The van der Waals surface area contributed by atoms with Crippen LogP contribution in [0.15, 0.2) is 12.1 Å². The fraction of sp³-hybridized carbons (Fsp3) is 0.444. The molecule has 1 unspecified atom stereocenters. The Morgan fingerprint density at radius 2 is 2.36 bits per heavy atom. The molecule has 0 spiro atoms. The maximum absolute atomic E-state index is 7.32. The molecule has 1 aromatic rings. The Bertz CT molecular complexity index is 324. The van der Waals surface area contributed by atoms with E-state index in [-0.39, 0.29) is 11.9 Å². The minimum Gasteiger partial charge on any atom is -0.386 e. The molecule has 1 aromatic heterocycles. The highest BCUT2D eigenvalue weighted by atomic mass is 35.5. The second kappa shape index (κ2) is 4.77. The van der Waals surface area contributed by atoms with Crippen molar-refractivity contribution in [2.75, 3.05) is 7.05 Å². The summed E-state index contributed by atoms with van der Waals surface area (Å²) in [6.07, 6.45) is 0. The van der Waals surface area contributed by atoms with Gasteiger partial charge in [-0.1, -0.05) is 11.6 Å². The second-order valence-electron chi connectivity index (χ2n) is 3.25. The van der Waals surface area contributed by atoms with Crippen molar-refractivity contribution in [1.29, 1.82) is 5.41 Å². The molecule has 5 heteroatoms. The molecule has 0 bridgehead atoms. The molecule has 3 N–H and O–H groups in total. The van der Waals surface area contributed by atoms with Gasteiger partial charge in [-0.2, -0.15) is 0 Å². The first-order chi connectivity index (χ1) is 6.50. The molecular formula is C9H14ClN3S. The van der Waals surface area contributed by atoms with E-state index in [1.165, 1.54) is 4.88 Å². The van der Waals surface area contributed by atoms with Crippen LogP contribution in [0.25, 0.3) is 0 Å². The molecule has 0 fully saturated rings. The number of nitrogens with zero attached hydrogens (tertiary/aromatic N) is 1. The lowest BCUT2D eigenvalue weighted by molar-refractivity contribution is 0.304. The molecule has 0 saturated carbocycles. The molecule has 0 amide bonds. The molecule has 0 saturated heterocycles. The highest BCUT2D eigenvalue weighted by Gasteiger charge is 2.12. The van der Waals surface area contributed by atoms with Crippen molar-refractivity contribution in [3.63, 3.8) is 0 Å². The summed E-state index contributed by atoms with van der Waals surface area (Å²) < 4.78 is 0.795.